The molecule has 1 aromatic heterocycles. The third kappa shape index (κ3) is 5.25. The third-order valence-corrected chi connectivity index (χ3v) is 5.41. The van der Waals surface area contributed by atoms with Crippen molar-refractivity contribution in [3.05, 3.63) is 106 Å². The van der Waals surface area contributed by atoms with Gasteiger partial charge in [-0.2, -0.15) is 10.2 Å². The second kappa shape index (κ2) is 10.4. The molecule has 0 saturated heterocycles. The lowest BCUT2D eigenvalue weighted by molar-refractivity contribution is -0.123. The summed E-state index contributed by atoms with van der Waals surface area (Å²) in [5, 5.41) is 14.2. The van der Waals surface area contributed by atoms with Gasteiger partial charge in [0.25, 0.3) is 17.4 Å². The minimum atomic E-state index is -1.23. The highest BCUT2D eigenvalue weighted by molar-refractivity contribution is 6.01. The number of H-pyrrole nitrogens is 1. The zero-order valence-corrected chi connectivity index (χ0v) is 19.1. The molecular formula is C26H23N5O4. The van der Waals surface area contributed by atoms with Crippen molar-refractivity contribution in [2.24, 2.45) is 5.10 Å². The van der Waals surface area contributed by atoms with Crippen LogP contribution in [-0.2, 0) is 4.79 Å². The maximum atomic E-state index is 13.3. The third-order valence-electron chi connectivity index (χ3n) is 5.41. The summed E-state index contributed by atoms with van der Waals surface area (Å²) in [6.45, 7) is 1.74. The molecule has 0 aliphatic rings. The number of aromatic nitrogens is 2. The van der Waals surface area contributed by atoms with Crippen molar-refractivity contribution in [3.63, 3.8) is 0 Å². The number of aromatic amines is 1. The number of benzene rings is 3. The van der Waals surface area contributed by atoms with E-state index >= 15 is 0 Å². The zero-order chi connectivity index (χ0) is 24.8. The Kier molecular flexibility index (Phi) is 6.96. The molecule has 4 aromatic rings. The van der Waals surface area contributed by atoms with Gasteiger partial charge in [0.05, 0.1) is 18.2 Å². The first-order chi connectivity index (χ1) is 17.0. The number of hydrogen-bond donors (Lipinski definition) is 3. The minimum Gasteiger partial charge on any atom is -0.497 e. The first-order valence-electron chi connectivity index (χ1n) is 10.8. The van der Waals surface area contributed by atoms with Crippen molar-refractivity contribution in [2.75, 3.05) is 7.11 Å². The fraction of sp³-hybridized carbons (Fsp3) is 0.115. The summed E-state index contributed by atoms with van der Waals surface area (Å²) in [6.07, 6.45) is 0. The van der Waals surface area contributed by atoms with Crippen molar-refractivity contribution in [1.29, 1.82) is 0 Å². The van der Waals surface area contributed by atoms with E-state index < -0.39 is 23.4 Å². The molecular weight excluding hydrogens is 446 g/mol. The Morgan fingerprint density at radius 1 is 0.914 bits per heavy atom. The fourth-order valence-corrected chi connectivity index (χ4v) is 3.52. The minimum absolute atomic E-state index is 0.194. The Balaban J connectivity index is 1.67. The summed E-state index contributed by atoms with van der Waals surface area (Å²) < 4.78 is 5.16. The van der Waals surface area contributed by atoms with Crippen LogP contribution in [0.2, 0.25) is 0 Å². The molecule has 3 N–H and O–H groups in total. The molecule has 1 atom stereocenters. The van der Waals surface area contributed by atoms with E-state index in [9.17, 15) is 14.4 Å². The number of hydrazone groups is 1. The van der Waals surface area contributed by atoms with E-state index in [0.717, 1.165) is 5.56 Å². The molecule has 0 aliphatic carbocycles. The Morgan fingerprint density at radius 2 is 1.57 bits per heavy atom. The van der Waals surface area contributed by atoms with Gasteiger partial charge >= 0.3 is 0 Å². The van der Waals surface area contributed by atoms with Crippen LogP contribution in [0.5, 0.6) is 5.75 Å². The topological polar surface area (TPSA) is 126 Å². The molecule has 1 unspecified atom stereocenters. The van der Waals surface area contributed by atoms with E-state index in [-0.39, 0.29) is 5.69 Å². The Labute approximate surface area is 200 Å². The molecule has 9 nitrogen and oxygen atoms in total. The predicted octanol–water partition coefficient (Wildman–Crippen LogP) is 2.94. The largest absolute Gasteiger partial charge is 0.497 e. The number of fused-ring (bicyclic) bond motifs is 1. The second-order valence-corrected chi connectivity index (χ2v) is 7.66. The summed E-state index contributed by atoms with van der Waals surface area (Å²) in [5.41, 5.74) is 4.01. The van der Waals surface area contributed by atoms with E-state index in [1.807, 2.05) is 12.1 Å². The predicted molar refractivity (Wildman–Crippen MR) is 132 cm³/mol. The van der Waals surface area contributed by atoms with Gasteiger partial charge in [-0.3, -0.25) is 14.4 Å². The van der Waals surface area contributed by atoms with Crippen LogP contribution in [-0.4, -0.2) is 34.8 Å². The fourth-order valence-electron chi connectivity index (χ4n) is 3.52. The molecule has 0 spiro atoms. The van der Waals surface area contributed by atoms with Crippen molar-refractivity contribution >= 4 is 28.3 Å². The van der Waals surface area contributed by atoms with Crippen LogP contribution in [0.25, 0.3) is 10.8 Å². The number of carbonyl (C=O) groups is 2. The van der Waals surface area contributed by atoms with Crippen molar-refractivity contribution < 1.29 is 14.3 Å². The number of rotatable bonds is 7. The number of ether oxygens (including phenoxy) is 1. The standard InChI is InChI=1S/C26H23N5O4/c1-16(17-12-14-19(35-2)15-13-17)28-31-26(34)23(27-24(32)18-8-4-3-5-9-18)22-20-10-6-7-11-21(20)25(33)30-29-22/h3-15,23H,1-2H3,(H,27,32)(H,30,33)(H,31,34)/b28-16+. The first-order valence-corrected chi connectivity index (χ1v) is 10.8. The molecule has 0 aliphatic heterocycles. The number of nitrogens with one attached hydrogen (secondary N) is 3. The molecule has 0 saturated carbocycles. The monoisotopic (exact) mass is 469 g/mol. The van der Waals surface area contributed by atoms with Crippen molar-refractivity contribution in [2.45, 2.75) is 13.0 Å². The summed E-state index contributed by atoms with van der Waals surface area (Å²) in [6, 6.07) is 21.2. The summed E-state index contributed by atoms with van der Waals surface area (Å²) in [5.74, 6) is -0.393. The van der Waals surface area contributed by atoms with Gasteiger partial charge in [-0.05, 0) is 55.0 Å². The Morgan fingerprint density at radius 3 is 2.26 bits per heavy atom. The smallest absolute Gasteiger partial charge is 0.272 e. The molecule has 0 fully saturated rings. The molecule has 2 amide bonds. The number of nitrogens with zero attached hydrogens (tertiary/aromatic N) is 2. The van der Waals surface area contributed by atoms with E-state index in [2.05, 4.69) is 26.0 Å². The van der Waals surface area contributed by atoms with Gasteiger partial charge in [0.1, 0.15) is 11.4 Å². The highest BCUT2D eigenvalue weighted by Gasteiger charge is 2.27. The number of methoxy groups -OCH3 is 1. The molecule has 1 heterocycles. The highest BCUT2D eigenvalue weighted by Crippen LogP contribution is 2.20. The maximum absolute atomic E-state index is 13.3. The van der Waals surface area contributed by atoms with Crippen LogP contribution in [0, 0.1) is 0 Å². The number of hydrogen-bond acceptors (Lipinski definition) is 6. The normalized spacial score (nSPS) is 12.1. The zero-order valence-electron chi connectivity index (χ0n) is 19.1. The molecule has 0 bridgehead atoms. The van der Waals surface area contributed by atoms with E-state index in [1.165, 1.54) is 0 Å². The van der Waals surface area contributed by atoms with Gasteiger partial charge in [0.2, 0.25) is 0 Å². The molecule has 35 heavy (non-hydrogen) atoms. The van der Waals surface area contributed by atoms with Gasteiger partial charge in [-0.25, -0.2) is 10.5 Å². The van der Waals surface area contributed by atoms with Crippen LogP contribution >= 0.6 is 0 Å². The van der Waals surface area contributed by atoms with Gasteiger partial charge in [0, 0.05) is 10.9 Å². The molecule has 4 rings (SSSR count). The Bertz CT molecular complexity index is 1450. The van der Waals surface area contributed by atoms with Crippen LogP contribution in [0.4, 0.5) is 0 Å². The lowest BCUT2D eigenvalue weighted by Crippen LogP contribution is -2.40. The SMILES string of the molecule is COc1ccc(/C(C)=N/NC(=O)C(NC(=O)c2ccccc2)c2n[nH]c(=O)c3ccccc23)cc1. The van der Waals surface area contributed by atoms with Gasteiger partial charge in [-0.1, -0.05) is 36.4 Å². The van der Waals surface area contributed by atoms with E-state index in [4.69, 9.17) is 4.74 Å². The number of carbonyl (C=O) groups excluding carboxylic acids is 2. The average molecular weight is 470 g/mol. The second-order valence-electron chi connectivity index (χ2n) is 7.66. The van der Waals surface area contributed by atoms with Gasteiger partial charge < -0.3 is 10.1 Å². The van der Waals surface area contributed by atoms with E-state index in [1.54, 1.807) is 80.8 Å². The van der Waals surface area contributed by atoms with Crippen molar-refractivity contribution in [3.8, 4) is 5.75 Å². The molecule has 0 radical (unpaired) electrons. The molecule has 176 valence electrons. The van der Waals surface area contributed by atoms with Gasteiger partial charge in [0.15, 0.2) is 6.04 Å². The molecule has 3 aromatic carbocycles. The van der Waals surface area contributed by atoms with Crippen LogP contribution < -0.4 is 21.0 Å². The lowest BCUT2D eigenvalue weighted by Gasteiger charge is -2.18. The summed E-state index contributed by atoms with van der Waals surface area (Å²) >= 11 is 0. The summed E-state index contributed by atoms with van der Waals surface area (Å²) in [4.78, 5) is 38.5. The van der Waals surface area contributed by atoms with Crippen LogP contribution in [0.1, 0.15) is 34.6 Å². The van der Waals surface area contributed by atoms with Gasteiger partial charge in [-0.15, -0.1) is 0 Å². The summed E-state index contributed by atoms with van der Waals surface area (Å²) in [7, 11) is 1.58. The van der Waals surface area contributed by atoms with Crippen LogP contribution in [0.15, 0.2) is 88.8 Å². The maximum Gasteiger partial charge on any atom is 0.272 e. The van der Waals surface area contributed by atoms with Crippen molar-refractivity contribution in [1.82, 2.24) is 20.9 Å². The Hall–Kier alpha value is -4.79. The van der Waals surface area contributed by atoms with Crippen LogP contribution in [0.3, 0.4) is 0 Å². The first kappa shape index (κ1) is 23.4. The molecule has 9 heteroatoms. The lowest BCUT2D eigenvalue weighted by atomic mass is 10.0. The van der Waals surface area contributed by atoms with E-state index in [0.29, 0.717) is 27.8 Å². The highest BCUT2D eigenvalue weighted by atomic mass is 16.5. The number of amides is 2. The quantitative estimate of drug-likeness (QED) is 0.283. The average Bonchev–Trinajstić information content (AvgIpc) is 2.91.